The summed E-state index contributed by atoms with van der Waals surface area (Å²) in [7, 11) is 0. The molecule has 0 atom stereocenters. The molecular formula is C19H28N2O. The lowest BCUT2D eigenvalue weighted by Gasteiger charge is -2.31. The first-order valence-corrected chi connectivity index (χ1v) is 8.72. The van der Waals surface area contributed by atoms with Gasteiger partial charge in [0.2, 0.25) is 0 Å². The second-order valence-corrected chi connectivity index (χ2v) is 6.47. The lowest BCUT2D eigenvalue weighted by Crippen LogP contribution is -2.36. The average molecular weight is 300 g/mol. The Labute approximate surface area is 133 Å². The number of ether oxygens (including phenoxy) is 1. The van der Waals surface area contributed by atoms with Gasteiger partial charge in [-0.25, -0.2) is 0 Å². The number of aromatic amines is 1. The number of nitrogens with one attached hydrogen (secondary N) is 1. The van der Waals surface area contributed by atoms with Crippen LogP contribution in [0.25, 0.3) is 10.9 Å². The largest absolute Gasteiger partial charge is 0.381 e. The summed E-state index contributed by atoms with van der Waals surface area (Å²) < 4.78 is 5.70. The first-order chi connectivity index (χ1) is 10.9. The van der Waals surface area contributed by atoms with Crippen LogP contribution < -0.4 is 0 Å². The summed E-state index contributed by atoms with van der Waals surface area (Å²) in [6.45, 7) is 7.67. The van der Waals surface area contributed by atoms with E-state index in [1.807, 2.05) is 0 Å². The molecule has 1 aromatic heterocycles. The quantitative estimate of drug-likeness (QED) is 0.787. The van der Waals surface area contributed by atoms with E-state index in [-0.39, 0.29) is 0 Å². The zero-order valence-corrected chi connectivity index (χ0v) is 13.7. The molecule has 1 saturated heterocycles. The van der Waals surface area contributed by atoms with E-state index in [2.05, 4.69) is 47.3 Å². The molecule has 22 heavy (non-hydrogen) atoms. The summed E-state index contributed by atoms with van der Waals surface area (Å²) in [6, 6.07) is 8.59. The number of nitrogens with zero attached hydrogens (tertiary/aromatic N) is 1. The smallest absolute Gasteiger partial charge is 0.0495 e. The number of H-pyrrole nitrogens is 1. The van der Waals surface area contributed by atoms with Crippen LogP contribution >= 0.6 is 0 Å². The van der Waals surface area contributed by atoms with Crippen molar-refractivity contribution >= 4 is 10.9 Å². The zero-order valence-electron chi connectivity index (χ0n) is 13.7. The van der Waals surface area contributed by atoms with E-state index in [0.717, 1.165) is 32.0 Å². The first-order valence-electron chi connectivity index (χ1n) is 8.72. The Balaban J connectivity index is 1.43. The number of fused-ring (bicyclic) bond motifs is 1. The molecule has 0 spiro atoms. The van der Waals surface area contributed by atoms with Gasteiger partial charge in [-0.2, -0.15) is 0 Å². The summed E-state index contributed by atoms with van der Waals surface area (Å²) in [6.07, 6.45) is 7.02. The Morgan fingerprint density at radius 1 is 1.23 bits per heavy atom. The van der Waals surface area contributed by atoms with Crippen molar-refractivity contribution in [2.75, 3.05) is 32.8 Å². The van der Waals surface area contributed by atoms with Gasteiger partial charge in [0.25, 0.3) is 0 Å². The van der Waals surface area contributed by atoms with Crippen molar-refractivity contribution in [2.24, 2.45) is 5.92 Å². The number of rotatable bonds is 7. The van der Waals surface area contributed by atoms with Crippen LogP contribution in [0, 0.1) is 5.92 Å². The van der Waals surface area contributed by atoms with Crippen molar-refractivity contribution in [3.05, 3.63) is 36.0 Å². The lowest BCUT2D eigenvalue weighted by atomic mass is 9.97. The highest BCUT2D eigenvalue weighted by molar-refractivity contribution is 5.83. The Bertz CT molecular complexity index is 570. The minimum Gasteiger partial charge on any atom is -0.381 e. The number of likely N-dealkylation sites (tertiary alicyclic amines) is 1. The molecule has 3 nitrogen and oxygen atoms in total. The summed E-state index contributed by atoms with van der Waals surface area (Å²) in [5, 5.41) is 1.38. The molecule has 0 radical (unpaired) electrons. The SMILES string of the molecule is CCCOCC1CCN(CCc2c[nH]c3ccccc23)CC1. The van der Waals surface area contributed by atoms with Crippen LogP contribution in [-0.2, 0) is 11.2 Å². The first kappa shape index (κ1) is 15.6. The normalized spacial score (nSPS) is 17.3. The second-order valence-electron chi connectivity index (χ2n) is 6.47. The molecule has 3 rings (SSSR count). The summed E-state index contributed by atoms with van der Waals surface area (Å²) in [5.74, 6) is 0.774. The minimum atomic E-state index is 0.774. The van der Waals surface area contributed by atoms with Crippen molar-refractivity contribution in [2.45, 2.75) is 32.6 Å². The average Bonchev–Trinajstić information content (AvgIpc) is 2.98. The van der Waals surface area contributed by atoms with Crippen molar-refractivity contribution in [1.82, 2.24) is 9.88 Å². The number of hydrogen-bond acceptors (Lipinski definition) is 2. The van der Waals surface area contributed by atoms with E-state index < -0.39 is 0 Å². The Kier molecular flexibility index (Phi) is 5.52. The van der Waals surface area contributed by atoms with Crippen LogP contribution in [0.4, 0.5) is 0 Å². The molecule has 0 unspecified atom stereocenters. The molecule has 1 fully saturated rings. The van der Waals surface area contributed by atoms with Crippen LogP contribution in [0.1, 0.15) is 31.7 Å². The van der Waals surface area contributed by atoms with Gasteiger partial charge in [-0.1, -0.05) is 25.1 Å². The molecule has 1 aromatic carbocycles. The van der Waals surface area contributed by atoms with Gasteiger partial charge in [0.1, 0.15) is 0 Å². The number of hydrogen-bond donors (Lipinski definition) is 1. The van der Waals surface area contributed by atoms with Crippen LogP contribution in [-0.4, -0.2) is 42.7 Å². The topological polar surface area (TPSA) is 28.3 Å². The van der Waals surface area contributed by atoms with E-state index in [0.29, 0.717) is 0 Å². The fourth-order valence-electron chi connectivity index (χ4n) is 3.39. The van der Waals surface area contributed by atoms with Gasteiger partial charge in [-0.3, -0.25) is 0 Å². The maximum atomic E-state index is 5.70. The second kappa shape index (κ2) is 7.80. The fraction of sp³-hybridized carbons (Fsp3) is 0.579. The molecule has 3 heteroatoms. The Morgan fingerprint density at radius 2 is 2.05 bits per heavy atom. The Hall–Kier alpha value is -1.32. The predicted octanol–water partition coefficient (Wildman–Crippen LogP) is 3.85. The van der Waals surface area contributed by atoms with E-state index in [1.165, 1.54) is 48.9 Å². The molecule has 2 aromatic rings. The number of aromatic nitrogens is 1. The molecular weight excluding hydrogens is 272 g/mol. The molecule has 2 heterocycles. The Morgan fingerprint density at radius 3 is 2.86 bits per heavy atom. The summed E-state index contributed by atoms with van der Waals surface area (Å²) >= 11 is 0. The molecule has 0 aliphatic carbocycles. The van der Waals surface area contributed by atoms with Gasteiger partial charge in [0.15, 0.2) is 0 Å². The van der Waals surface area contributed by atoms with Gasteiger partial charge in [-0.05, 0) is 56.3 Å². The van der Waals surface area contributed by atoms with Gasteiger partial charge in [0.05, 0.1) is 0 Å². The highest BCUT2D eigenvalue weighted by Crippen LogP contribution is 2.21. The fourth-order valence-corrected chi connectivity index (χ4v) is 3.39. The molecule has 0 bridgehead atoms. The molecule has 0 saturated carbocycles. The van der Waals surface area contributed by atoms with Gasteiger partial charge in [-0.15, -0.1) is 0 Å². The van der Waals surface area contributed by atoms with Crippen molar-refractivity contribution in [3.8, 4) is 0 Å². The monoisotopic (exact) mass is 300 g/mol. The van der Waals surface area contributed by atoms with Crippen molar-refractivity contribution in [3.63, 3.8) is 0 Å². The maximum absolute atomic E-state index is 5.70. The maximum Gasteiger partial charge on any atom is 0.0495 e. The van der Waals surface area contributed by atoms with Gasteiger partial charge < -0.3 is 14.6 Å². The van der Waals surface area contributed by atoms with Crippen molar-refractivity contribution in [1.29, 1.82) is 0 Å². The molecule has 0 amide bonds. The molecule has 1 N–H and O–H groups in total. The van der Waals surface area contributed by atoms with Crippen LogP contribution in [0.15, 0.2) is 30.5 Å². The van der Waals surface area contributed by atoms with E-state index in [9.17, 15) is 0 Å². The third-order valence-corrected chi connectivity index (χ3v) is 4.78. The number of para-hydroxylation sites is 1. The minimum absolute atomic E-state index is 0.774. The van der Waals surface area contributed by atoms with E-state index in [1.54, 1.807) is 0 Å². The summed E-state index contributed by atoms with van der Waals surface area (Å²) in [5.41, 5.74) is 2.70. The van der Waals surface area contributed by atoms with Crippen LogP contribution in [0.5, 0.6) is 0 Å². The van der Waals surface area contributed by atoms with Gasteiger partial charge >= 0.3 is 0 Å². The third-order valence-electron chi connectivity index (χ3n) is 4.78. The zero-order chi connectivity index (χ0) is 15.2. The van der Waals surface area contributed by atoms with Crippen molar-refractivity contribution < 1.29 is 4.74 Å². The molecule has 120 valence electrons. The number of piperidine rings is 1. The summed E-state index contributed by atoms with van der Waals surface area (Å²) in [4.78, 5) is 5.99. The standard InChI is InChI=1S/C19H28N2O/c1-2-13-22-15-16-7-10-21(11-8-16)12-9-17-14-20-19-6-4-3-5-18(17)19/h3-6,14,16,20H,2,7-13,15H2,1H3. The van der Waals surface area contributed by atoms with E-state index in [4.69, 9.17) is 4.74 Å². The highest BCUT2D eigenvalue weighted by Gasteiger charge is 2.19. The van der Waals surface area contributed by atoms with Crippen LogP contribution in [0.2, 0.25) is 0 Å². The predicted molar refractivity (Wildman–Crippen MR) is 92.3 cm³/mol. The molecule has 1 aliphatic heterocycles. The lowest BCUT2D eigenvalue weighted by molar-refractivity contribution is 0.0676. The third kappa shape index (κ3) is 3.90. The van der Waals surface area contributed by atoms with E-state index >= 15 is 0 Å². The highest BCUT2D eigenvalue weighted by atomic mass is 16.5. The molecule has 1 aliphatic rings. The van der Waals surface area contributed by atoms with Gasteiger partial charge in [0, 0.05) is 36.9 Å². The number of benzene rings is 1. The van der Waals surface area contributed by atoms with Crippen LogP contribution in [0.3, 0.4) is 0 Å².